The van der Waals surface area contributed by atoms with E-state index in [1.165, 1.54) is 24.3 Å². The first kappa shape index (κ1) is 20.0. The molecular formula is C20H21BFNO5. The molecule has 0 saturated heterocycles. The van der Waals surface area contributed by atoms with Crippen LogP contribution in [0.3, 0.4) is 0 Å². The second-order valence-electron chi connectivity index (χ2n) is 7.01. The Hall–Kier alpha value is -2.71. The molecule has 6 nitrogen and oxygen atoms in total. The predicted molar refractivity (Wildman–Crippen MR) is 101 cm³/mol. The number of nitrogens with one attached hydrogen (secondary N) is 1. The Morgan fingerprint density at radius 1 is 1.25 bits per heavy atom. The molecule has 0 bridgehead atoms. The van der Waals surface area contributed by atoms with Gasteiger partial charge < -0.3 is 19.7 Å². The van der Waals surface area contributed by atoms with Crippen LogP contribution in [0.4, 0.5) is 4.39 Å². The summed E-state index contributed by atoms with van der Waals surface area (Å²) in [5, 5.41) is 12.5. The molecule has 146 valence electrons. The van der Waals surface area contributed by atoms with Crippen molar-refractivity contribution in [1.29, 1.82) is 0 Å². The highest BCUT2D eigenvalue weighted by Crippen LogP contribution is 2.13. The number of hydrogen-bond acceptors (Lipinski definition) is 5. The molecule has 1 aliphatic rings. The maximum absolute atomic E-state index is 13.0. The van der Waals surface area contributed by atoms with E-state index < -0.39 is 25.0 Å². The lowest BCUT2D eigenvalue weighted by Crippen LogP contribution is -2.45. The van der Waals surface area contributed by atoms with Gasteiger partial charge in [-0.1, -0.05) is 32.0 Å². The van der Waals surface area contributed by atoms with E-state index in [-0.39, 0.29) is 18.3 Å². The van der Waals surface area contributed by atoms with E-state index in [0.717, 1.165) is 5.56 Å². The first-order chi connectivity index (χ1) is 13.3. The first-order valence-electron chi connectivity index (χ1n) is 8.99. The van der Waals surface area contributed by atoms with Gasteiger partial charge in [-0.25, -0.2) is 9.18 Å². The molecule has 28 heavy (non-hydrogen) atoms. The number of fused-ring (bicyclic) bond motifs is 1. The van der Waals surface area contributed by atoms with E-state index in [1.807, 2.05) is 0 Å². The smallest absolute Gasteiger partial charge is 0.459 e. The summed E-state index contributed by atoms with van der Waals surface area (Å²) in [6.07, 6.45) is 0. The van der Waals surface area contributed by atoms with Crippen LogP contribution in [0, 0.1) is 11.7 Å². The molecule has 1 heterocycles. The number of halogens is 1. The molecule has 0 spiro atoms. The van der Waals surface area contributed by atoms with E-state index in [2.05, 4.69) is 5.32 Å². The number of rotatable bonds is 6. The Balaban J connectivity index is 1.65. The fourth-order valence-electron chi connectivity index (χ4n) is 2.90. The number of carbonyl (C=O) groups is 2. The van der Waals surface area contributed by atoms with Crippen LogP contribution >= 0.6 is 0 Å². The molecular weight excluding hydrogens is 364 g/mol. The van der Waals surface area contributed by atoms with Gasteiger partial charge in [0.2, 0.25) is 0 Å². The minimum absolute atomic E-state index is 0.0133. The summed E-state index contributed by atoms with van der Waals surface area (Å²) in [6, 6.07) is 9.70. The molecule has 0 aromatic heterocycles. The van der Waals surface area contributed by atoms with Crippen molar-refractivity contribution in [2.45, 2.75) is 33.1 Å². The van der Waals surface area contributed by atoms with Gasteiger partial charge >= 0.3 is 13.1 Å². The number of amides is 1. The van der Waals surface area contributed by atoms with Gasteiger partial charge in [0.25, 0.3) is 5.91 Å². The fraction of sp³-hybridized carbons (Fsp3) is 0.300. The first-order valence-corrected chi connectivity index (χ1v) is 8.99. The van der Waals surface area contributed by atoms with Crippen LogP contribution in [0.5, 0.6) is 0 Å². The average Bonchev–Trinajstić information content (AvgIpc) is 3.05. The van der Waals surface area contributed by atoms with E-state index in [9.17, 15) is 19.0 Å². The molecule has 0 saturated carbocycles. The van der Waals surface area contributed by atoms with Crippen LogP contribution in [0.2, 0.25) is 0 Å². The lowest BCUT2D eigenvalue weighted by molar-refractivity contribution is -0.148. The summed E-state index contributed by atoms with van der Waals surface area (Å²) in [7, 11) is -1.05. The van der Waals surface area contributed by atoms with Gasteiger partial charge in [-0.15, -0.1) is 0 Å². The molecule has 0 fully saturated rings. The summed E-state index contributed by atoms with van der Waals surface area (Å²) in [5.74, 6) is -1.59. The number of esters is 1. The number of hydrogen-bond donors (Lipinski definition) is 2. The zero-order chi connectivity index (χ0) is 20.3. The van der Waals surface area contributed by atoms with Crippen molar-refractivity contribution in [2.75, 3.05) is 0 Å². The molecule has 0 aliphatic carbocycles. The third kappa shape index (κ3) is 4.58. The summed E-state index contributed by atoms with van der Waals surface area (Å²) < 4.78 is 23.4. The second kappa shape index (κ2) is 8.54. The minimum atomic E-state index is -1.05. The molecule has 2 aromatic rings. The van der Waals surface area contributed by atoms with Crippen LogP contribution < -0.4 is 10.8 Å². The Kier molecular flexibility index (Phi) is 6.11. The topological polar surface area (TPSA) is 84.9 Å². The number of ether oxygens (including phenoxy) is 1. The van der Waals surface area contributed by atoms with Gasteiger partial charge in [-0.3, -0.25) is 4.79 Å². The van der Waals surface area contributed by atoms with Crippen molar-refractivity contribution in [3.8, 4) is 0 Å². The van der Waals surface area contributed by atoms with Crippen molar-refractivity contribution < 1.29 is 28.4 Å². The van der Waals surface area contributed by atoms with E-state index >= 15 is 0 Å². The third-order valence-electron chi connectivity index (χ3n) is 4.57. The van der Waals surface area contributed by atoms with Crippen LogP contribution in [0.1, 0.15) is 35.3 Å². The zero-order valence-corrected chi connectivity index (χ0v) is 15.6. The molecule has 0 radical (unpaired) electrons. The van der Waals surface area contributed by atoms with Gasteiger partial charge in [-0.2, -0.15) is 0 Å². The third-order valence-corrected chi connectivity index (χ3v) is 4.57. The lowest BCUT2D eigenvalue weighted by atomic mass is 9.78. The SMILES string of the molecule is CC(C)[C@H](NC(=O)c1ccc2c(c1)B(O)OC2)C(=O)OCc1ccc(F)cc1. The van der Waals surface area contributed by atoms with Gasteiger partial charge in [0, 0.05) is 5.56 Å². The van der Waals surface area contributed by atoms with Gasteiger partial charge in [0.05, 0.1) is 6.61 Å². The monoisotopic (exact) mass is 385 g/mol. The van der Waals surface area contributed by atoms with Crippen LogP contribution in [-0.2, 0) is 27.4 Å². The molecule has 1 amide bonds. The predicted octanol–water partition coefficient (Wildman–Crippen LogP) is 1.54. The maximum atomic E-state index is 13.0. The van der Waals surface area contributed by atoms with Crippen molar-refractivity contribution in [1.82, 2.24) is 5.32 Å². The van der Waals surface area contributed by atoms with Crippen LogP contribution in [0.25, 0.3) is 0 Å². The van der Waals surface area contributed by atoms with Gasteiger partial charge in [0.15, 0.2) is 0 Å². The van der Waals surface area contributed by atoms with Gasteiger partial charge in [-0.05, 0) is 46.8 Å². The average molecular weight is 385 g/mol. The number of carbonyl (C=O) groups excluding carboxylic acids is 2. The standard InChI is InChI=1S/C20H21BFNO5/c1-12(2)18(20(25)27-10-13-3-7-16(22)8-4-13)23-19(24)14-5-6-15-11-28-21(26)17(15)9-14/h3-9,12,18,26H,10-11H2,1-2H3,(H,23,24)/t18-/m0/s1. The molecule has 8 heteroatoms. The van der Waals surface area contributed by atoms with Crippen molar-refractivity contribution >= 4 is 24.5 Å². The molecule has 3 rings (SSSR count). The Labute approximate surface area is 162 Å². The summed E-state index contributed by atoms with van der Waals surface area (Å²) in [4.78, 5) is 25.1. The molecule has 1 aliphatic heterocycles. The summed E-state index contributed by atoms with van der Waals surface area (Å²) in [5.41, 5.74) is 2.34. The minimum Gasteiger partial charge on any atom is -0.459 e. The van der Waals surface area contributed by atoms with Crippen LogP contribution in [0.15, 0.2) is 42.5 Å². The Bertz CT molecular complexity index is 871. The Morgan fingerprint density at radius 2 is 1.96 bits per heavy atom. The largest absolute Gasteiger partial charge is 0.491 e. The highest BCUT2D eigenvalue weighted by molar-refractivity contribution is 6.61. The molecule has 1 atom stereocenters. The van der Waals surface area contributed by atoms with Gasteiger partial charge in [0.1, 0.15) is 18.5 Å². The van der Waals surface area contributed by atoms with Crippen molar-refractivity contribution in [3.63, 3.8) is 0 Å². The highest BCUT2D eigenvalue weighted by atomic mass is 19.1. The van der Waals surface area contributed by atoms with Crippen LogP contribution in [-0.4, -0.2) is 30.1 Å². The second-order valence-corrected chi connectivity index (χ2v) is 7.01. The normalized spacial score (nSPS) is 14.0. The quantitative estimate of drug-likeness (QED) is 0.582. The van der Waals surface area contributed by atoms with Crippen molar-refractivity contribution in [2.24, 2.45) is 5.92 Å². The fourth-order valence-corrected chi connectivity index (χ4v) is 2.90. The molecule has 0 unspecified atom stereocenters. The zero-order valence-electron chi connectivity index (χ0n) is 15.6. The molecule has 2 aromatic carbocycles. The van der Waals surface area contributed by atoms with E-state index in [1.54, 1.807) is 32.0 Å². The highest BCUT2D eigenvalue weighted by Gasteiger charge is 2.30. The maximum Gasteiger partial charge on any atom is 0.491 e. The van der Waals surface area contributed by atoms with E-state index in [4.69, 9.17) is 9.39 Å². The van der Waals surface area contributed by atoms with Crippen molar-refractivity contribution in [3.05, 3.63) is 65.0 Å². The Morgan fingerprint density at radius 3 is 2.64 bits per heavy atom. The molecule has 2 N–H and O–H groups in total. The summed E-state index contributed by atoms with van der Waals surface area (Å²) in [6.45, 7) is 3.87. The van der Waals surface area contributed by atoms with E-state index in [0.29, 0.717) is 23.2 Å². The summed E-state index contributed by atoms with van der Waals surface area (Å²) >= 11 is 0. The lowest BCUT2D eigenvalue weighted by Gasteiger charge is -2.21. The number of benzene rings is 2.